The summed E-state index contributed by atoms with van der Waals surface area (Å²) in [5.74, 6) is 0.758. The number of furan rings is 1. The highest BCUT2D eigenvalue weighted by atomic mass is 16.3. The molecule has 3 heteroatoms. The van der Waals surface area contributed by atoms with Crippen LogP contribution in [0.4, 0.5) is 17.1 Å². The molecule has 45 heavy (non-hydrogen) atoms. The molecule has 0 saturated heterocycles. The predicted molar refractivity (Wildman–Crippen MR) is 192 cm³/mol. The van der Waals surface area contributed by atoms with E-state index in [1.165, 1.54) is 72.2 Å². The van der Waals surface area contributed by atoms with Gasteiger partial charge in [-0.15, -0.1) is 0 Å². The lowest BCUT2D eigenvalue weighted by Gasteiger charge is -2.39. The third kappa shape index (κ3) is 3.70. The van der Waals surface area contributed by atoms with Crippen molar-refractivity contribution in [1.82, 2.24) is 0 Å². The van der Waals surface area contributed by atoms with E-state index >= 15 is 0 Å². The van der Waals surface area contributed by atoms with Crippen molar-refractivity contribution in [3.63, 3.8) is 0 Å². The van der Waals surface area contributed by atoms with Crippen molar-refractivity contribution in [2.24, 2.45) is 0 Å². The minimum atomic E-state index is 0.196. The quantitative estimate of drug-likeness (QED) is 0.193. The number of hydrogen-bond acceptors (Lipinski definition) is 2. The fraction of sp³-hybridized carbons (Fsp3) is 0.143. The highest BCUT2D eigenvalue weighted by Gasteiger charge is 2.44. The summed E-state index contributed by atoms with van der Waals surface area (Å²) in [5.41, 5.74) is 17.8. The average Bonchev–Trinajstić information content (AvgIpc) is 3.61. The Morgan fingerprint density at radius 1 is 0.556 bits per heavy atom. The fourth-order valence-electron chi connectivity index (χ4n) is 8.08. The molecule has 2 nitrogen and oxygen atoms in total. The van der Waals surface area contributed by atoms with Gasteiger partial charge in [0.2, 0.25) is 6.71 Å². The zero-order valence-electron chi connectivity index (χ0n) is 26.1. The third-order valence-electron chi connectivity index (χ3n) is 10.0. The topological polar surface area (TPSA) is 16.4 Å². The molecule has 1 aromatic heterocycles. The number of hydrogen-bond donors (Lipinski definition) is 0. The summed E-state index contributed by atoms with van der Waals surface area (Å²) in [4.78, 5) is 2.61. The Morgan fingerprint density at radius 2 is 1.22 bits per heavy atom. The standard InChI is InChI=1S/C42H34BNO/c1-25(2)28-13-6-9-20-36(28)44-37-24-27(30-17-12-22-39-40(30)32-15-7-10-21-38(32)45-39)23-33-31-14-5-8-18-34(31)43(41(33)37)35-19-11-16-29(26(3)4)42(35)44/h5-26H,1-4H3. The summed E-state index contributed by atoms with van der Waals surface area (Å²) in [5, 5.41) is 2.33. The number of nitrogens with zero attached hydrogens (tertiary/aromatic N) is 1. The van der Waals surface area contributed by atoms with E-state index in [-0.39, 0.29) is 6.71 Å². The first kappa shape index (κ1) is 26.4. The molecule has 3 heterocycles. The third-order valence-corrected chi connectivity index (χ3v) is 10.0. The van der Waals surface area contributed by atoms with Gasteiger partial charge in [-0.3, -0.25) is 0 Å². The van der Waals surface area contributed by atoms with Gasteiger partial charge >= 0.3 is 0 Å². The molecule has 7 aromatic rings. The van der Waals surface area contributed by atoms with Gasteiger partial charge < -0.3 is 9.32 Å². The lowest BCUT2D eigenvalue weighted by Crippen LogP contribution is -2.55. The van der Waals surface area contributed by atoms with E-state index in [4.69, 9.17) is 4.42 Å². The zero-order chi connectivity index (χ0) is 30.4. The van der Waals surface area contributed by atoms with Crippen LogP contribution in [0.1, 0.15) is 50.7 Å². The monoisotopic (exact) mass is 579 g/mol. The van der Waals surface area contributed by atoms with E-state index in [9.17, 15) is 0 Å². The van der Waals surface area contributed by atoms with E-state index in [1.54, 1.807) is 0 Å². The first-order valence-electron chi connectivity index (χ1n) is 16.2. The summed E-state index contributed by atoms with van der Waals surface area (Å²) >= 11 is 0. The highest BCUT2D eigenvalue weighted by molar-refractivity contribution is 7.01. The van der Waals surface area contributed by atoms with Gasteiger partial charge in [0.25, 0.3) is 0 Å². The van der Waals surface area contributed by atoms with Crippen LogP contribution >= 0.6 is 0 Å². The van der Waals surface area contributed by atoms with Crippen LogP contribution in [0.5, 0.6) is 0 Å². The number of para-hydroxylation sites is 3. The molecule has 6 aromatic carbocycles. The maximum atomic E-state index is 6.36. The lowest BCUT2D eigenvalue weighted by molar-refractivity contribution is 0.669. The Morgan fingerprint density at radius 3 is 2.09 bits per heavy atom. The SMILES string of the molecule is CC(C)c1ccccc1N1c2cc(-c3cccc4oc5ccccc5c34)cc3c2B(c2ccccc2-3)c2cccc(C(C)C)c21. The molecule has 9 rings (SSSR count). The number of anilines is 3. The van der Waals surface area contributed by atoms with Gasteiger partial charge in [-0.2, -0.15) is 0 Å². The van der Waals surface area contributed by atoms with Gasteiger partial charge in [0, 0.05) is 27.8 Å². The molecule has 216 valence electrons. The molecule has 0 amide bonds. The smallest absolute Gasteiger partial charge is 0.248 e. The van der Waals surface area contributed by atoms with Gasteiger partial charge in [0.05, 0.1) is 0 Å². The molecule has 0 fully saturated rings. The van der Waals surface area contributed by atoms with Crippen LogP contribution < -0.4 is 21.3 Å². The summed E-state index contributed by atoms with van der Waals surface area (Å²) < 4.78 is 6.36. The molecule has 0 radical (unpaired) electrons. The van der Waals surface area contributed by atoms with Crippen LogP contribution in [0, 0.1) is 0 Å². The fourth-order valence-corrected chi connectivity index (χ4v) is 8.08. The van der Waals surface area contributed by atoms with Crippen molar-refractivity contribution in [2.75, 3.05) is 4.90 Å². The van der Waals surface area contributed by atoms with Crippen molar-refractivity contribution in [3.05, 3.63) is 132 Å². The second kappa shape index (κ2) is 9.74. The molecule has 2 aliphatic heterocycles. The Kier molecular flexibility index (Phi) is 5.71. The van der Waals surface area contributed by atoms with Crippen molar-refractivity contribution >= 4 is 62.1 Å². The molecule has 2 aliphatic rings. The minimum absolute atomic E-state index is 0.196. The van der Waals surface area contributed by atoms with E-state index in [0.29, 0.717) is 11.8 Å². The normalized spacial score (nSPS) is 13.2. The van der Waals surface area contributed by atoms with Crippen LogP contribution in [0.2, 0.25) is 0 Å². The van der Waals surface area contributed by atoms with Crippen molar-refractivity contribution in [2.45, 2.75) is 39.5 Å². The van der Waals surface area contributed by atoms with Gasteiger partial charge in [-0.05, 0) is 86.5 Å². The van der Waals surface area contributed by atoms with Gasteiger partial charge in [0.15, 0.2) is 0 Å². The summed E-state index contributed by atoms with van der Waals surface area (Å²) in [7, 11) is 0. The molecule has 0 atom stereocenters. The molecule has 0 saturated carbocycles. The molecule has 0 spiro atoms. The molecule has 0 unspecified atom stereocenters. The van der Waals surface area contributed by atoms with Crippen molar-refractivity contribution in [1.29, 1.82) is 0 Å². The van der Waals surface area contributed by atoms with Crippen LogP contribution in [-0.2, 0) is 0 Å². The Hall–Kier alpha value is -5.02. The van der Waals surface area contributed by atoms with Crippen LogP contribution in [0.15, 0.2) is 126 Å². The Balaban J connectivity index is 1.43. The molecule has 0 bridgehead atoms. The lowest BCUT2D eigenvalue weighted by atomic mass is 9.37. The van der Waals surface area contributed by atoms with Gasteiger partial charge in [-0.25, -0.2) is 0 Å². The Labute approximate surface area is 265 Å². The van der Waals surface area contributed by atoms with Crippen LogP contribution in [0.25, 0.3) is 44.2 Å². The molecular weight excluding hydrogens is 545 g/mol. The van der Waals surface area contributed by atoms with E-state index in [0.717, 1.165) is 16.6 Å². The second-order valence-corrected chi connectivity index (χ2v) is 13.2. The minimum Gasteiger partial charge on any atom is -0.456 e. The van der Waals surface area contributed by atoms with Gasteiger partial charge in [-0.1, -0.05) is 124 Å². The predicted octanol–water partition coefficient (Wildman–Crippen LogP) is 9.78. The first-order valence-corrected chi connectivity index (χ1v) is 16.2. The number of fused-ring (bicyclic) bond motifs is 8. The van der Waals surface area contributed by atoms with Crippen LogP contribution in [0.3, 0.4) is 0 Å². The summed E-state index contributed by atoms with van der Waals surface area (Å²) in [6, 6.07) is 44.9. The van der Waals surface area contributed by atoms with E-state index in [1.807, 2.05) is 0 Å². The zero-order valence-corrected chi connectivity index (χ0v) is 26.1. The highest BCUT2D eigenvalue weighted by Crippen LogP contribution is 2.48. The summed E-state index contributed by atoms with van der Waals surface area (Å²) in [6.45, 7) is 9.46. The van der Waals surface area contributed by atoms with E-state index in [2.05, 4.69) is 154 Å². The van der Waals surface area contributed by atoms with Gasteiger partial charge in [0.1, 0.15) is 11.2 Å². The van der Waals surface area contributed by atoms with Crippen molar-refractivity contribution in [3.8, 4) is 22.3 Å². The largest absolute Gasteiger partial charge is 0.456 e. The van der Waals surface area contributed by atoms with Crippen molar-refractivity contribution < 1.29 is 4.42 Å². The first-order chi connectivity index (χ1) is 22.0. The number of benzene rings is 6. The molecule has 0 N–H and O–H groups in total. The molecule has 0 aliphatic carbocycles. The maximum Gasteiger partial charge on any atom is 0.248 e. The van der Waals surface area contributed by atoms with Crippen LogP contribution in [-0.4, -0.2) is 6.71 Å². The Bertz CT molecular complexity index is 2310. The van der Waals surface area contributed by atoms with E-state index < -0.39 is 0 Å². The average molecular weight is 580 g/mol. The summed E-state index contributed by atoms with van der Waals surface area (Å²) in [6.07, 6.45) is 0. The maximum absolute atomic E-state index is 6.36. The number of rotatable bonds is 4. The molecular formula is C42H34BNO. The second-order valence-electron chi connectivity index (χ2n) is 13.2.